The van der Waals surface area contributed by atoms with Gasteiger partial charge in [-0.3, -0.25) is 0 Å². The molecule has 0 saturated heterocycles. The molecule has 1 aromatic carbocycles. The molecule has 1 aliphatic rings. The average Bonchev–Trinajstić information content (AvgIpc) is 2.93. The fraction of sp³-hybridized carbons (Fsp3) is 0.455. The highest BCUT2D eigenvalue weighted by atomic mass is 79.9. The first-order chi connectivity index (χ1) is 7.47. The highest BCUT2D eigenvalue weighted by Gasteiger charge is 2.39. The molecule has 3 nitrogen and oxygen atoms in total. The lowest BCUT2D eigenvalue weighted by Crippen LogP contribution is -2.24. The molecule has 0 heterocycles. The molecule has 0 aromatic heterocycles. The van der Waals surface area contributed by atoms with Crippen molar-refractivity contribution in [3.63, 3.8) is 0 Å². The number of hydrogen-bond acceptors (Lipinski definition) is 3. The van der Waals surface area contributed by atoms with Crippen LogP contribution < -0.4 is 10.5 Å². The molecule has 0 amide bonds. The lowest BCUT2D eigenvalue weighted by Gasteiger charge is -2.13. The summed E-state index contributed by atoms with van der Waals surface area (Å²) in [6, 6.07) is 1.66. The lowest BCUT2D eigenvalue weighted by molar-refractivity contribution is 0.359. The predicted octanol–water partition coefficient (Wildman–Crippen LogP) is 2.34. The van der Waals surface area contributed by atoms with Crippen LogP contribution in [0.2, 0.25) is 0 Å². The van der Waals surface area contributed by atoms with Gasteiger partial charge in [0.15, 0.2) is 11.5 Å². The molecule has 3 N–H and O–H groups in total. The zero-order valence-corrected chi connectivity index (χ0v) is 10.5. The summed E-state index contributed by atoms with van der Waals surface area (Å²) in [6.45, 7) is 0. The number of phenolic OH excluding ortho intramolecular Hbond substituents is 1. The first-order valence-corrected chi connectivity index (χ1v) is 5.79. The van der Waals surface area contributed by atoms with Gasteiger partial charge in [0.2, 0.25) is 5.82 Å². The predicted molar refractivity (Wildman–Crippen MR) is 62.2 cm³/mol. The Kier molecular flexibility index (Phi) is 2.84. The van der Waals surface area contributed by atoms with Crippen molar-refractivity contribution in [3.8, 4) is 11.5 Å². The Labute approximate surface area is 102 Å². The Bertz CT molecular complexity index is 432. The van der Waals surface area contributed by atoms with E-state index in [-0.39, 0.29) is 17.0 Å². The molecule has 1 aromatic rings. The number of rotatable bonds is 3. The van der Waals surface area contributed by atoms with Crippen LogP contribution in [0.1, 0.15) is 18.4 Å². The van der Waals surface area contributed by atoms with Gasteiger partial charge in [0, 0.05) is 11.1 Å². The molecule has 0 atom stereocenters. The molecule has 1 saturated carbocycles. The molecule has 2 rings (SSSR count). The van der Waals surface area contributed by atoms with Crippen molar-refractivity contribution >= 4 is 15.9 Å². The Morgan fingerprint density at radius 1 is 1.62 bits per heavy atom. The van der Waals surface area contributed by atoms with Crippen molar-refractivity contribution in [2.75, 3.05) is 7.11 Å². The number of nitrogens with two attached hydrogens (primary N) is 1. The van der Waals surface area contributed by atoms with E-state index in [4.69, 9.17) is 10.5 Å². The number of hydrogen-bond donors (Lipinski definition) is 2. The number of halogens is 2. The van der Waals surface area contributed by atoms with Crippen LogP contribution >= 0.6 is 15.9 Å². The van der Waals surface area contributed by atoms with Gasteiger partial charge in [-0.25, -0.2) is 0 Å². The Balaban J connectivity index is 2.39. The van der Waals surface area contributed by atoms with E-state index in [1.54, 1.807) is 6.07 Å². The van der Waals surface area contributed by atoms with Crippen molar-refractivity contribution in [2.45, 2.75) is 24.8 Å². The first-order valence-electron chi connectivity index (χ1n) is 4.99. The quantitative estimate of drug-likeness (QED) is 0.898. The molecular weight excluding hydrogens is 277 g/mol. The Morgan fingerprint density at radius 3 is 2.75 bits per heavy atom. The zero-order valence-electron chi connectivity index (χ0n) is 8.89. The van der Waals surface area contributed by atoms with Crippen LogP contribution in [0.4, 0.5) is 4.39 Å². The van der Waals surface area contributed by atoms with Crippen LogP contribution in [-0.2, 0) is 6.42 Å². The van der Waals surface area contributed by atoms with E-state index in [2.05, 4.69) is 15.9 Å². The normalized spacial score (nSPS) is 17.2. The minimum atomic E-state index is -0.740. The molecule has 0 bridgehead atoms. The smallest absolute Gasteiger partial charge is 0.208 e. The minimum Gasteiger partial charge on any atom is -0.505 e. The third kappa shape index (κ3) is 2.01. The van der Waals surface area contributed by atoms with E-state index in [0.29, 0.717) is 16.5 Å². The van der Waals surface area contributed by atoms with E-state index in [1.165, 1.54) is 7.11 Å². The van der Waals surface area contributed by atoms with Crippen LogP contribution in [0.15, 0.2) is 10.5 Å². The number of phenols is 1. The van der Waals surface area contributed by atoms with E-state index in [9.17, 15) is 9.50 Å². The van der Waals surface area contributed by atoms with Crippen LogP contribution in [-0.4, -0.2) is 17.8 Å². The maximum atomic E-state index is 13.7. The van der Waals surface area contributed by atoms with Gasteiger partial charge in [-0.05, 0) is 41.3 Å². The number of methoxy groups -OCH3 is 1. The second-order valence-electron chi connectivity index (χ2n) is 4.25. The summed E-state index contributed by atoms with van der Waals surface area (Å²) < 4.78 is 19.0. The molecule has 0 radical (unpaired) electrons. The van der Waals surface area contributed by atoms with Crippen LogP contribution in [0.5, 0.6) is 11.5 Å². The summed E-state index contributed by atoms with van der Waals surface area (Å²) in [5.41, 5.74) is 6.19. The van der Waals surface area contributed by atoms with Crippen molar-refractivity contribution in [1.29, 1.82) is 0 Å². The van der Waals surface area contributed by atoms with E-state index >= 15 is 0 Å². The average molecular weight is 290 g/mol. The summed E-state index contributed by atoms with van der Waals surface area (Å²) in [4.78, 5) is 0. The largest absolute Gasteiger partial charge is 0.505 e. The van der Waals surface area contributed by atoms with Gasteiger partial charge < -0.3 is 15.6 Å². The fourth-order valence-corrected chi connectivity index (χ4v) is 2.29. The van der Waals surface area contributed by atoms with Crippen molar-refractivity contribution in [3.05, 3.63) is 21.9 Å². The molecule has 0 spiro atoms. The van der Waals surface area contributed by atoms with Crippen LogP contribution in [0.3, 0.4) is 0 Å². The fourth-order valence-electron chi connectivity index (χ4n) is 1.68. The molecule has 0 unspecified atom stereocenters. The van der Waals surface area contributed by atoms with Crippen molar-refractivity contribution < 1.29 is 14.2 Å². The molecule has 88 valence electrons. The van der Waals surface area contributed by atoms with Gasteiger partial charge in [-0.2, -0.15) is 4.39 Å². The van der Waals surface area contributed by atoms with Crippen LogP contribution in [0.25, 0.3) is 0 Å². The number of aromatic hydroxyl groups is 1. The number of benzene rings is 1. The van der Waals surface area contributed by atoms with Gasteiger partial charge in [0.05, 0.1) is 11.6 Å². The van der Waals surface area contributed by atoms with Gasteiger partial charge in [-0.15, -0.1) is 0 Å². The van der Waals surface area contributed by atoms with Gasteiger partial charge in [0.1, 0.15) is 0 Å². The second kappa shape index (κ2) is 3.89. The van der Waals surface area contributed by atoms with E-state index < -0.39 is 5.82 Å². The standard InChI is InChI=1S/C11H13BrFNO2/c1-16-10-7(12)4-6(9(15)8(10)13)5-11(14)2-3-11/h4,15H,2-3,5,14H2,1H3. The van der Waals surface area contributed by atoms with Gasteiger partial charge in [-0.1, -0.05) is 0 Å². The maximum absolute atomic E-state index is 13.7. The monoisotopic (exact) mass is 289 g/mol. The lowest BCUT2D eigenvalue weighted by atomic mass is 10.0. The Hall–Kier alpha value is -0.810. The van der Waals surface area contributed by atoms with E-state index in [1.807, 2.05) is 0 Å². The molecular formula is C11H13BrFNO2. The summed E-state index contributed by atoms with van der Waals surface area (Å²) in [5, 5.41) is 9.69. The SMILES string of the molecule is COc1c(Br)cc(CC2(N)CC2)c(O)c1F. The van der Waals surface area contributed by atoms with Gasteiger partial charge >= 0.3 is 0 Å². The number of ether oxygens (including phenoxy) is 1. The maximum Gasteiger partial charge on any atom is 0.208 e. The summed E-state index contributed by atoms with van der Waals surface area (Å²) in [5.74, 6) is -1.09. The summed E-state index contributed by atoms with van der Waals surface area (Å²) in [6.07, 6.45) is 2.31. The zero-order chi connectivity index (χ0) is 11.9. The van der Waals surface area contributed by atoms with E-state index in [0.717, 1.165) is 12.8 Å². The molecule has 0 aliphatic heterocycles. The third-order valence-corrected chi connectivity index (χ3v) is 3.46. The third-order valence-electron chi connectivity index (χ3n) is 2.87. The highest BCUT2D eigenvalue weighted by molar-refractivity contribution is 9.10. The summed E-state index contributed by atoms with van der Waals surface area (Å²) >= 11 is 3.20. The molecule has 16 heavy (non-hydrogen) atoms. The Morgan fingerprint density at radius 2 is 2.25 bits per heavy atom. The van der Waals surface area contributed by atoms with Gasteiger partial charge in [0.25, 0.3) is 0 Å². The molecule has 1 fully saturated rings. The summed E-state index contributed by atoms with van der Waals surface area (Å²) in [7, 11) is 1.35. The first kappa shape index (κ1) is 11.7. The molecule has 1 aliphatic carbocycles. The minimum absolute atomic E-state index is 0.0168. The highest BCUT2D eigenvalue weighted by Crippen LogP contribution is 2.42. The molecule has 5 heteroatoms. The topological polar surface area (TPSA) is 55.5 Å². The van der Waals surface area contributed by atoms with Crippen molar-refractivity contribution in [2.24, 2.45) is 5.73 Å². The van der Waals surface area contributed by atoms with Crippen molar-refractivity contribution in [1.82, 2.24) is 0 Å². The van der Waals surface area contributed by atoms with Crippen LogP contribution in [0, 0.1) is 5.82 Å². The second-order valence-corrected chi connectivity index (χ2v) is 5.11.